The van der Waals surface area contributed by atoms with Crippen LogP contribution in [0.15, 0.2) is 142 Å². The molecular weight excluding hydrogens is 769 g/mol. The van der Waals surface area contributed by atoms with Crippen molar-refractivity contribution < 1.29 is 40.4 Å². The summed E-state index contributed by atoms with van der Waals surface area (Å²) < 4.78 is 64.4. The van der Waals surface area contributed by atoms with Crippen molar-refractivity contribution in [3.63, 3.8) is 0 Å². The molecule has 0 unspecified atom stereocenters. The van der Waals surface area contributed by atoms with Gasteiger partial charge in [0.1, 0.15) is 27.3 Å². The van der Waals surface area contributed by atoms with Crippen molar-refractivity contribution in [2.75, 3.05) is 16.4 Å². The Kier molecular flexibility index (Phi) is 14.2. The Labute approximate surface area is 331 Å². The largest absolute Gasteiger partial charge is 0.744 e. The molecule has 1 aromatic heterocycles. The highest BCUT2D eigenvalue weighted by Gasteiger charge is 2.11. The van der Waals surface area contributed by atoms with Crippen molar-refractivity contribution in [2.45, 2.75) is 30.6 Å². The van der Waals surface area contributed by atoms with E-state index in [1.807, 2.05) is 99.2 Å². The van der Waals surface area contributed by atoms with Gasteiger partial charge in [-0.15, -0.1) is 5.10 Å². The predicted octanol–water partition coefficient (Wildman–Crippen LogP) is 3.12. The van der Waals surface area contributed by atoms with Gasteiger partial charge in [-0.3, -0.25) is 16.3 Å². The monoisotopic (exact) mass is 810 g/mol. The van der Waals surface area contributed by atoms with Crippen molar-refractivity contribution in [1.82, 2.24) is 0 Å². The number of nitrogens with one attached hydrogen (secondary N) is 3. The Morgan fingerprint density at radius 2 is 1.19 bits per heavy atom. The molecule has 296 valence electrons. The van der Waals surface area contributed by atoms with E-state index in [9.17, 15) is 30.7 Å². The second-order valence-corrected chi connectivity index (χ2v) is 15.4. The molecule has 0 saturated heterocycles. The van der Waals surface area contributed by atoms with Gasteiger partial charge in [-0.1, -0.05) is 47.5 Å². The number of rotatable bonds is 8. The van der Waals surface area contributed by atoms with E-state index < -0.39 is 20.2 Å². The van der Waals surface area contributed by atoms with Crippen LogP contribution in [0.5, 0.6) is 0 Å². The number of hydrazone groups is 1. The number of guanidine groups is 1. The van der Waals surface area contributed by atoms with Gasteiger partial charge in [0.2, 0.25) is 5.52 Å². The molecule has 1 amide bonds. The fourth-order valence-electron chi connectivity index (χ4n) is 5.02. The Morgan fingerprint density at radius 3 is 1.68 bits per heavy atom. The predicted molar refractivity (Wildman–Crippen MR) is 218 cm³/mol. The minimum absolute atomic E-state index is 0.0116. The molecule has 9 N–H and O–H groups in total. The fraction of sp³-hybridized carbons (Fsp3) is 0.100. The van der Waals surface area contributed by atoms with Crippen molar-refractivity contribution in [3.8, 4) is 0 Å². The summed E-state index contributed by atoms with van der Waals surface area (Å²) in [6.07, 6.45) is 2.00. The molecule has 5 aromatic carbocycles. The van der Waals surface area contributed by atoms with E-state index >= 15 is 0 Å². The minimum atomic E-state index is -4.27. The third-order valence-corrected chi connectivity index (χ3v) is 9.81. The maximum absolute atomic E-state index is 12.7. The quantitative estimate of drug-likeness (QED) is 0.0325. The molecule has 0 saturated carbocycles. The van der Waals surface area contributed by atoms with E-state index in [4.69, 9.17) is 17.2 Å². The fourth-order valence-corrected chi connectivity index (χ4v) is 5.96. The van der Waals surface area contributed by atoms with Gasteiger partial charge in [0.05, 0.1) is 26.6 Å². The molecule has 0 atom stereocenters. The zero-order chi connectivity index (χ0) is 41.9. The standard InChI is InChI=1S/C26H26N8O.2C7H8O3S/c1-16(32-33-26(28)29)17-3-5-18(6-4-17)25(35)31-21-10-8-20(9-11-21)30-23-13-14-34(2)24-12-7-19(27)15-22(23)24;2*1-6-2-4-7(5-3-6)11(8,9)10/h3-15H,27H2,1-2H3,(H5,28,29,31,33,35);2*2-5H,1H3,(H,8,9,10). The van der Waals surface area contributed by atoms with E-state index in [-0.39, 0.29) is 21.7 Å². The lowest BCUT2D eigenvalue weighted by molar-refractivity contribution is -0.644. The molecule has 0 aliphatic carbocycles. The summed E-state index contributed by atoms with van der Waals surface area (Å²) in [5.74, 6) is -0.195. The third kappa shape index (κ3) is 13.0. The molecule has 0 aliphatic heterocycles. The number of aromatic nitrogens is 1. The first-order valence-electron chi connectivity index (χ1n) is 17.0. The summed E-state index contributed by atoms with van der Waals surface area (Å²) in [6, 6.07) is 34.0. The van der Waals surface area contributed by atoms with Crippen LogP contribution in [0, 0.1) is 13.8 Å². The Morgan fingerprint density at radius 1 is 0.702 bits per heavy atom. The number of anilines is 4. The van der Waals surface area contributed by atoms with Crippen LogP contribution in [0.1, 0.15) is 34.0 Å². The average Bonchev–Trinajstić information content (AvgIpc) is 3.16. The molecule has 1 heterocycles. The van der Waals surface area contributed by atoms with Gasteiger partial charge < -0.3 is 25.5 Å². The number of pyridine rings is 1. The van der Waals surface area contributed by atoms with Gasteiger partial charge in [-0.05, 0) is 99.1 Å². The lowest BCUT2D eigenvalue weighted by atomic mass is 10.1. The first-order valence-corrected chi connectivity index (χ1v) is 19.8. The highest BCUT2D eigenvalue weighted by Crippen LogP contribution is 2.27. The maximum atomic E-state index is 12.7. The zero-order valence-electron chi connectivity index (χ0n) is 31.4. The maximum Gasteiger partial charge on any atom is 0.362 e. The molecule has 0 aliphatic rings. The van der Waals surface area contributed by atoms with E-state index in [0.29, 0.717) is 22.6 Å². The minimum Gasteiger partial charge on any atom is -0.744 e. The number of carbonyl (C=O) groups is 1. The number of hydrogen-bond acceptors (Lipinski definition) is 10. The summed E-state index contributed by atoms with van der Waals surface area (Å²) >= 11 is 0. The zero-order valence-corrected chi connectivity index (χ0v) is 33.1. The average molecular weight is 811 g/mol. The van der Waals surface area contributed by atoms with Crippen LogP contribution in [-0.4, -0.2) is 43.5 Å². The first kappa shape index (κ1) is 43.1. The molecule has 0 spiro atoms. The third-order valence-electron chi connectivity index (χ3n) is 8.11. The number of hydrogen-bond donors (Lipinski definition) is 6. The van der Waals surface area contributed by atoms with Crippen LogP contribution < -0.4 is 37.5 Å². The van der Waals surface area contributed by atoms with E-state index in [1.165, 1.54) is 24.3 Å². The van der Waals surface area contributed by atoms with Gasteiger partial charge >= 0.3 is 5.96 Å². The second-order valence-electron chi connectivity index (χ2n) is 12.6. The van der Waals surface area contributed by atoms with Crippen LogP contribution in [0.4, 0.5) is 22.7 Å². The SMILES string of the molecule is C/C(=N\[NH+]=C(N)N)c1ccc(C(=O)Nc2ccc(Nc3cc[n+](C)c4ccc(N)cc34)cc2)cc1.Cc1ccc(S(=O)(=O)[O-])cc1.Cc1ccc(S(=O)(=O)[O-])cc1. The molecule has 6 rings (SSSR count). The molecule has 0 radical (unpaired) electrons. The van der Waals surface area contributed by atoms with Gasteiger partial charge in [0, 0.05) is 34.8 Å². The van der Waals surface area contributed by atoms with E-state index in [2.05, 4.69) is 20.8 Å². The molecule has 15 nitrogen and oxygen atoms in total. The van der Waals surface area contributed by atoms with Crippen LogP contribution in [0.2, 0.25) is 0 Å². The number of carbonyl (C=O) groups excluding carboxylic acids is 1. The first-order chi connectivity index (χ1) is 26.8. The Balaban J connectivity index is 0.000000265. The number of nitrogens with zero attached hydrogens (tertiary/aromatic N) is 2. The van der Waals surface area contributed by atoms with E-state index in [1.54, 1.807) is 36.4 Å². The Hall–Kier alpha value is -6.66. The van der Waals surface area contributed by atoms with Crippen LogP contribution in [0.25, 0.3) is 10.9 Å². The number of fused-ring (bicyclic) bond motifs is 1. The second kappa shape index (κ2) is 18.8. The highest BCUT2D eigenvalue weighted by molar-refractivity contribution is 7.86. The van der Waals surface area contributed by atoms with Gasteiger partial charge in [-0.25, -0.2) is 21.4 Å². The molecule has 0 bridgehead atoms. The summed E-state index contributed by atoms with van der Waals surface area (Å²) in [6.45, 7) is 5.45. The van der Waals surface area contributed by atoms with Crippen molar-refractivity contribution >= 4 is 71.5 Å². The van der Waals surface area contributed by atoms with Gasteiger partial charge in [0.15, 0.2) is 6.20 Å². The van der Waals surface area contributed by atoms with Crippen molar-refractivity contribution in [3.05, 3.63) is 150 Å². The van der Waals surface area contributed by atoms with Gasteiger partial charge in [0.25, 0.3) is 5.91 Å². The Bertz CT molecular complexity index is 2560. The lowest BCUT2D eigenvalue weighted by Gasteiger charge is -2.11. The van der Waals surface area contributed by atoms with Crippen LogP contribution in [0.3, 0.4) is 0 Å². The normalized spacial score (nSPS) is 11.3. The molecular formula is C40H42N8O7S2. The van der Waals surface area contributed by atoms with Crippen molar-refractivity contribution in [1.29, 1.82) is 0 Å². The van der Waals surface area contributed by atoms with E-state index in [0.717, 1.165) is 39.0 Å². The smallest absolute Gasteiger partial charge is 0.362 e. The van der Waals surface area contributed by atoms with Crippen LogP contribution >= 0.6 is 0 Å². The summed E-state index contributed by atoms with van der Waals surface area (Å²) in [7, 11) is -6.54. The summed E-state index contributed by atoms with van der Waals surface area (Å²) in [5.41, 5.74) is 24.9. The van der Waals surface area contributed by atoms with Crippen LogP contribution in [-0.2, 0) is 27.3 Å². The molecule has 17 heteroatoms. The topological polar surface area (TPSA) is 264 Å². The highest BCUT2D eigenvalue weighted by atomic mass is 32.2. The molecule has 0 fully saturated rings. The number of aryl methyl sites for hydroxylation is 3. The summed E-state index contributed by atoms with van der Waals surface area (Å²) in [4.78, 5) is 12.3. The number of nitrogens with two attached hydrogens (primary N) is 3. The lowest BCUT2D eigenvalue weighted by Crippen LogP contribution is -2.72. The number of benzene rings is 5. The van der Waals surface area contributed by atoms with Gasteiger partial charge in [-0.2, -0.15) is 5.10 Å². The molecule has 6 aromatic rings. The number of amides is 1. The van der Waals surface area contributed by atoms with Crippen molar-refractivity contribution in [2.24, 2.45) is 23.6 Å². The molecule has 57 heavy (non-hydrogen) atoms. The number of nitrogen functional groups attached to an aromatic ring is 1. The summed E-state index contributed by atoms with van der Waals surface area (Å²) in [5, 5.41) is 14.0.